The first-order valence-corrected chi connectivity index (χ1v) is 24.1. The minimum Gasteiger partial charge on any atom is -0.394 e. The van der Waals surface area contributed by atoms with Crippen LogP contribution in [0.25, 0.3) is 0 Å². The zero-order valence-electron chi connectivity index (χ0n) is 38.9. The number of aliphatic hydroxyl groups is 5. The number of hydrogen-bond donors (Lipinski definition) is 7. The van der Waals surface area contributed by atoms with E-state index >= 15 is 0 Å². The van der Waals surface area contributed by atoms with Gasteiger partial charge in [0.1, 0.15) is 54.6 Å². The van der Waals surface area contributed by atoms with Crippen molar-refractivity contribution in [1.29, 1.82) is 0 Å². The number of nitrogens with zero attached hydrogens (tertiary/aromatic N) is 4. The molecule has 7 N–H and O–H groups in total. The lowest BCUT2D eigenvalue weighted by Gasteiger charge is -2.49. The van der Waals surface area contributed by atoms with Crippen molar-refractivity contribution in [2.75, 3.05) is 40.0 Å². The van der Waals surface area contributed by atoms with Crippen molar-refractivity contribution in [1.82, 2.24) is 30.5 Å². The Hall–Kier alpha value is -3.22. The first-order chi connectivity index (χ1) is 31.7. The van der Waals surface area contributed by atoms with Crippen LogP contribution in [0.15, 0.2) is 6.20 Å². The summed E-state index contributed by atoms with van der Waals surface area (Å²) in [5, 5.41) is 68.1. The maximum atomic E-state index is 14.1. The average molecular weight is 939 g/mol. The zero-order valence-corrected chi connectivity index (χ0v) is 38.9. The molecule has 0 aromatic carbocycles. The summed E-state index contributed by atoms with van der Waals surface area (Å²) < 4.78 is 38.7. The molecular weight excluding hydrogens is 865 g/mol. The Labute approximate surface area is 386 Å². The Bertz CT molecular complexity index is 1710. The lowest BCUT2D eigenvalue weighted by Crippen LogP contribution is -2.67. The van der Waals surface area contributed by atoms with Crippen LogP contribution >= 0.6 is 0 Å². The van der Waals surface area contributed by atoms with E-state index in [0.29, 0.717) is 58.3 Å². The number of likely N-dealkylation sites (tertiary alicyclic amines) is 1. The second kappa shape index (κ2) is 24.9. The topological polar surface area (TPSA) is 283 Å². The highest BCUT2D eigenvalue weighted by atomic mass is 16.7. The Kier molecular flexibility index (Phi) is 19.7. The third-order valence-electron chi connectivity index (χ3n) is 14.0. The van der Waals surface area contributed by atoms with E-state index in [4.69, 9.17) is 28.4 Å². The van der Waals surface area contributed by atoms with Gasteiger partial charge in [-0.25, -0.2) is 0 Å². The highest BCUT2D eigenvalue weighted by Crippen LogP contribution is 2.40. The first kappa shape index (κ1) is 52.2. The van der Waals surface area contributed by atoms with Gasteiger partial charge in [0.05, 0.1) is 31.1 Å². The van der Waals surface area contributed by atoms with Crippen LogP contribution in [0.3, 0.4) is 0 Å². The van der Waals surface area contributed by atoms with Crippen molar-refractivity contribution in [3.8, 4) is 0 Å². The lowest BCUT2D eigenvalue weighted by molar-refractivity contribution is -0.338. The number of ether oxygens (including phenoxy) is 6. The zero-order chi connectivity index (χ0) is 47.5. The first-order valence-electron chi connectivity index (χ1n) is 24.1. The van der Waals surface area contributed by atoms with Crippen LogP contribution in [0.1, 0.15) is 115 Å². The Morgan fingerprint density at radius 1 is 0.924 bits per heavy atom. The summed E-state index contributed by atoms with van der Waals surface area (Å²) in [5.74, 6) is -1.96. The van der Waals surface area contributed by atoms with E-state index in [1.165, 1.54) is 13.8 Å². The highest BCUT2D eigenvalue weighted by Gasteiger charge is 2.53. The van der Waals surface area contributed by atoms with Gasteiger partial charge in [-0.2, -0.15) is 0 Å². The maximum Gasteiger partial charge on any atom is 0.273 e. The van der Waals surface area contributed by atoms with Crippen LogP contribution < -0.4 is 10.6 Å². The SMILES string of the molecule is CCC1CC(C(=O)CCCNC(=O)c2cn(CCCOC)nn2)C[C@@H](O[C@@H]2O[C@@H](CO)[C@H](O)C(O[C@@H](CC3CCCCC3)C(=O)N3CCC3)C2NC(C)=O)[C@@H]1O[C@@H]1OC(C)[C@@H](O)[C@H](O)C1O. The molecule has 4 heterocycles. The molecule has 3 amide bonds. The van der Waals surface area contributed by atoms with Gasteiger partial charge in [0.15, 0.2) is 18.3 Å². The van der Waals surface area contributed by atoms with Crippen LogP contribution in [0.4, 0.5) is 0 Å². The van der Waals surface area contributed by atoms with Crippen LogP contribution in [0.5, 0.6) is 0 Å². The Morgan fingerprint density at radius 3 is 2.35 bits per heavy atom. The number of aliphatic hydroxyl groups excluding tert-OH is 5. The number of rotatable bonds is 22. The van der Waals surface area contributed by atoms with Crippen molar-refractivity contribution in [3.63, 3.8) is 0 Å². The van der Waals surface area contributed by atoms with Crippen molar-refractivity contribution in [2.45, 2.75) is 190 Å². The number of aryl methyl sites for hydroxylation is 1. The molecule has 1 aromatic heterocycles. The van der Waals surface area contributed by atoms with Gasteiger partial charge in [0.2, 0.25) is 5.91 Å². The van der Waals surface area contributed by atoms with E-state index in [1.54, 1.807) is 22.9 Å². The molecular formula is C45H74N6O15. The standard InChI is InChI=1S/C45H74N6O15/c1-5-28-21-29(31(54)14-9-15-46-42(59)30-23-51(49-48-30)18-11-19-61-4)22-32(40(28)66-45-39(58)38(57)36(55)25(2)62-45)64-44-35(47-26(3)53)41(37(56)34(24-52)65-44)63-33(43(60)50-16-10-17-50)20-27-12-7-6-8-13-27/h23,25,27-29,32-41,44-45,52,55-58H,5-22,24H2,1-4H3,(H,46,59)(H,47,53)/t25?,28?,29?,32-,33+,34+,35?,36-,37+,38+,39?,40-,41?,44-,45+/m1/s1. The maximum absolute atomic E-state index is 14.1. The van der Waals surface area contributed by atoms with Gasteiger partial charge in [-0.05, 0) is 57.3 Å². The fraction of sp³-hybridized carbons (Fsp3) is 0.867. The molecule has 1 aromatic rings. The summed E-state index contributed by atoms with van der Waals surface area (Å²) in [6, 6.07) is -1.21. The summed E-state index contributed by atoms with van der Waals surface area (Å²) in [7, 11) is 1.61. The van der Waals surface area contributed by atoms with Crippen molar-refractivity contribution in [2.24, 2.45) is 17.8 Å². The van der Waals surface area contributed by atoms with Crippen LogP contribution in [-0.4, -0.2) is 189 Å². The molecule has 6 rings (SSSR count). The predicted molar refractivity (Wildman–Crippen MR) is 232 cm³/mol. The number of aromatic nitrogens is 3. The number of carbonyl (C=O) groups excluding carboxylic acids is 4. The van der Waals surface area contributed by atoms with E-state index in [2.05, 4.69) is 20.9 Å². The monoisotopic (exact) mass is 939 g/mol. The van der Waals surface area contributed by atoms with Gasteiger partial charge in [0.25, 0.3) is 11.8 Å². The van der Waals surface area contributed by atoms with Crippen LogP contribution in [0, 0.1) is 17.8 Å². The van der Waals surface area contributed by atoms with E-state index < -0.39 is 104 Å². The lowest BCUT2D eigenvalue weighted by atomic mass is 9.74. The molecule has 15 atom stereocenters. The highest BCUT2D eigenvalue weighted by molar-refractivity contribution is 5.91. The molecule has 0 bridgehead atoms. The second-order valence-corrected chi connectivity index (χ2v) is 18.8. The number of Topliss-reactive ketones (excluding diaryl/α,β-unsaturated/α-hetero) is 1. The Balaban J connectivity index is 1.22. The number of amides is 3. The van der Waals surface area contributed by atoms with Crippen LogP contribution in [-0.2, 0) is 49.3 Å². The van der Waals surface area contributed by atoms with E-state index in [9.17, 15) is 44.7 Å². The molecule has 5 fully saturated rings. The van der Waals surface area contributed by atoms with Gasteiger partial charge < -0.3 is 69.5 Å². The molecule has 0 spiro atoms. The number of hydrogen-bond acceptors (Lipinski definition) is 17. The fourth-order valence-electron chi connectivity index (χ4n) is 10.0. The van der Waals surface area contributed by atoms with E-state index in [0.717, 1.165) is 38.5 Å². The number of carbonyl (C=O) groups is 4. The molecule has 0 radical (unpaired) electrons. The summed E-state index contributed by atoms with van der Waals surface area (Å²) in [6.07, 6.45) is -5.23. The quantitative estimate of drug-likeness (QED) is 0.0752. The van der Waals surface area contributed by atoms with E-state index in [-0.39, 0.29) is 48.6 Å². The van der Waals surface area contributed by atoms with Gasteiger partial charge in [-0.3, -0.25) is 23.9 Å². The smallest absolute Gasteiger partial charge is 0.273 e. The molecule has 5 aliphatic rings. The second-order valence-electron chi connectivity index (χ2n) is 18.8. The number of ketones is 1. The fourth-order valence-corrected chi connectivity index (χ4v) is 10.0. The van der Waals surface area contributed by atoms with Gasteiger partial charge in [-0.15, -0.1) is 5.10 Å². The third-order valence-corrected chi connectivity index (χ3v) is 14.0. The minimum absolute atomic E-state index is 0.0738. The minimum atomic E-state index is -1.64. The Morgan fingerprint density at radius 2 is 1.68 bits per heavy atom. The molecule has 6 unspecified atom stereocenters. The van der Waals surface area contributed by atoms with Crippen molar-refractivity contribution in [3.05, 3.63) is 11.9 Å². The largest absolute Gasteiger partial charge is 0.394 e. The predicted octanol–water partition coefficient (Wildman–Crippen LogP) is -0.0329. The van der Waals surface area contributed by atoms with Crippen LogP contribution in [0.2, 0.25) is 0 Å². The molecule has 2 saturated carbocycles. The normalized spacial score (nSPS) is 34.6. The van der Waals surface area contributed by atoms with Gasteiger partial charge in [0, 0.05) is 59.2 Å². The molecule has 21 nitrogen and oxygen atoms in total. The molecule has 2 aliphatic carbocycles. The summed E-state index contributed by atoms with van der Waals surface area (Å²) in [4.78, 5) is 55.5. The van der Waals surface area contributed by atoms with Crippen molar-refractivity contribution >= 4 is 23.5 Å². The van der Waals surface area contributed by atoms with Gasteiger partial charge >= 0.3 is 0 Å². The van der Waals surface area contributed by atoms with E-state index in [1.807, 2.05) is 6.92 Å². The summed E-state index contributed by atoms with van der Waals surface area (Å²) in [6.45, 7) is 6.53. The number of nitrogens with one attached hydrogen (secondary N) is 2. The van der Waals surface area contributed by atoms with Crippen molar-refractivity contribution < 1.29 is 73.1 Å². The molecule has 3 aliphatic heterocycles. The average Bonchev–Trinajstić information content (AvgIpc) is 3.77. The molecule has 3 saturated heterocycles. The summed E-state index contributed by atoms with van der Waals surface area (Å²) in [5.41, 5.74) is 0.153. The molecule has 374 valence electrons. The number of methoxy groups -OCH3 is 1. The molecule has 66 heavy (non-hydrogen) atoms. The van der Waals surface area contributed by atoms with Gasteiger partial charge in [-0.1, -0.05) is 50.7 Å². The molecule has 21 heteroatoms. The third kappa shape index (κ3) is 13.3. The summed E-state index contributed by atoms with van der Waals surface area (Å²) >= 11 is 0.